The minimum atomic E-state index is -0.412. The minimum absolute atomic E-state index is 0.412. The molecule has 1 aliphatic heterocycles. The second kappa shape index (κ2) is 8.40. The zero-order valence-electron chi connectivity index (χ0n) is 14.0. The summed E-state index contributed by atoms with van der Waals surface area (Å²) < 4.78 is 0. The summed E-state index contributed by atoms with van der Waals surface area (Å²) in [6, 6.07) is 20.4. The molecule has 0 aromatic heterocycles. The van der Waals surface area contributed by atoms with E-state index in [0.717, 1.165) is 13.1 Å². The molecule has 0 aliphatic carbocycles. The van der Waals surface area contributed by atoms with Gasteiger partial charge in [-0.1, -0.05) is 60.7 Å². The summed E-state index contributed by atoms with van der Waals surface area (Å²) in [6.45, 7) is 3.84. The van der Waals surface area contributed by atoms with Crippen molar-refractivity contribution in [3.05, 3.63) is 71.8 Å². The summed E-state index contributed by atoms with van der Waals surface area (Å²) >= 11 is 0. The SMILES string of the molecule is OC1CN(Cc2ccccc2)CC(O)CN(Cc2ccccc2)C1. The standard InChI is InChI=1S/C20H26N2O2/c23-19-13-21(11-17-7-3-1-4-8-17)14-20(24)16-22(15-19)12-18-9-5-2-6-10-18/h1-10,19-20,23-24H,11-16H2. The van der Waals surface area contributed by atoms with Crippen LogP contribution < -0.4 is 0 Å². The lowest BCUT2D eigenvalue weighted by Gasteiger charge is -2.35. The molecule has 0 atom stereocenters. The van der Waals surface area contributed by atoms with Gasteiger partial charge in [0.1, 0.15) is 0 Å². The number of aliphatic hydroxyl groups excluding tert-OH is 2. The van der Waals surface area contributed by atoms with Gasteiger partial charge in [-0.3, -0.25) is 9.80 Å². The number of β-amino-alcohol motifs (C(OH)–C–C–N with tert-alkyl or cyclic N) is 2. The van der Waals surface area contributed by atoms with Gasteiger partial charge in [0.25, 0.3) is 0 Å². The first-order valence-electron chi connectivity index (χ1n) is 8.58. The van der Waals surface area contributed by atoms with E-state index in [1.807, 2.05) is 36.4 Å². The van der Waals surface area contributed by atoms with Crippen LogP contribution in [0.15, 0.2) is 60.7 Å². The van der Waals surface area contributed by atoms with E-state index in [9.17, 15) is 10.2 Å². The molecular weight excluding hydrogens is 300 g/mol. The number of nitrogens with zero attached hydrogens (tertiary/aromatic N) is 2. The van der Waals surface area contributed by atoms with E-state index in [-0.39, 0.29) is 0 Å². The molecule has 4 nitrogen and oxygen atoms in total. The molecule has 1 fully saturated rings. The molecule has 0 bridgehead atoms. The van der Waals surface area contributed by atoms with Crippen molar-refractivity contribution in [1.82, 2.24) is 9.80 Å². The lowest BCUT2D eigenvalue weighted by Crippen LogP contribution is -2.49. The molecule has 128 valence electrons. The second-order valence-corrected chi connectivity index (χ2v) is 6.67. The van der Waals surface area contributed by atoms with Crippen LogP contribution >= 0.6 is 0 Å². The van der Waals surface area contributed by atoms with Crippen molar-refractivity contribution in [2.24, 2.45) is 0 Å². The predicted octanol–water partition coefficient (Wildman–Crippen LogP) is 1.73. The van der Waals surface area contributed by atoms with E-state index < -0.39 is 12.2 Å². The maximum atomic E-state index is 10.4. The van der Waals surface area contributed by atoms with Crippen molar-refractivity contribution in [1.29, 1.82) is 0 Å². The van der Waals surface area contributed by atoms with Crippen molar-refractivity contribution < 1.29 is 10.2 Å². The van der Waals surface area contributed by atoms with Crippen LogP contribution in [0.5, 0.6) is 0 Å². The van der Waals surface area contributed by atoms with Gasteiger partial charge in [0.2, 0.25) is 0 Å². The van der Waals surface area contributed by atoms with Crippen LogP contribution in [0.3, 0.4) is 0 Å². The Morgan fingerprint density at radius 1 is 0.625 bits per heavy atom. The maximum Gasteiger partial charge on any atom is 0.0794 e. The third-order valence-electron chi connectivity index (χ3n) is 4.37. The molecule has 0 spiro atoms. The van der Waals surface area contributed by atoms with Gasteiger partial charge in [-0.25, -0.2) is 0 Å². The summed E-state index contributed by atoms with van der Waals surface area (Å²) in [7, 11) is 0. The van der Waals surface area contributed by atoms with Crippen LogP contribution in [-0.2, 0) is 13.1 Å². The Morgan fingerprint density at radius 2 is 0.958 bits per heavy atom. The predicted molar refractivity (Wildman–Crippen MR) is 95.5 cm³/mol. The zero-order chi connectivity index (χ0) is 16.8. The monoisotopic (exact) mass is 326 g/mol. The normalized spacial score (nSPS) is 23.6. The molecule has 3 rings (SSSR count). The summed E-state index contributed by atoms with van der Waals surface area (Å²) in [4.78, 5) is 4.29. The van der Waals surface area contributed by atoms with Gasteiger partial charge in [0.05, 0.1) is 12.2 Å². The van der Waals surface area contributed by atoms with E-state index in [2.05, 4.69) is 34.1 Å². The Bertz CT molecular complexity index is 538. The molecule has 0 saturated carbocycles. The molecule has 2 aromatic rings. The molecule has 24 heavy (non-hydrogen) atoms. The smallest absolute Gasteiger partial charge is 0.0794 e. The quantitative estimate of drug-likeness (QED) is 0.898. The van der Waals surface area contributed by atoms with E-state index in [1.54, 1.807) is 0 Å². The Labute approximate surface area is 144 Å². The van der Waals surface area contributed by atoms with Gasteiger partial charge in [-0.15, -0.1) is 0 Å². The summed E-state index contributed by atoms with van der Waals surface area (Å²) in [6.07, 6.45) is -0.824. The van der Waals surface area contributed by atoms with Gasteiger partial charge in [0, 0.05) is 39.3 Å². The zero-order valence-corrected chi connectivity index (χ0v) is 14.0. The largest absolute Gasteiger partial charge is 0.390 e. The average Bonchev–Trinajstić information content (AvgIpc) is 2.55. The van der Waals surface area contributed by atoms with Crippen LogP contribution in [0.1, 0.15) is 11.1 Å². The lowest BCUT2D eigenvalue weighted by atomic mass is 10.1. The molecule has 2 N–H and O–H groups in total. The van der Waals surface area contributed by atoms with E-state index in [1.165, 1.54) is 11.1 Å². The molecule has 0 radical (unpaired) electrons. The average molecular weight is 326 g/mol. The molecule has 1 aliphatic rings. The summed E-state index contributed by atoms with van der Waals surface area (Å²) in [5.41, 5.74) is 2.41. The third kappa shape index (κ3) is 5.14. The van der Waals surface area contributed by atoms with Crippen LogP contribution in [0.4, 0.5) is 0 Å². The molecule has 1 saturated heterocycles. The fourth-order valence-electron chi connectivity index (χ4n) is 3.40. The van der Waals surface area contributed by atoms with Crippen molar-refractivity contribution in [2.45, 2.75) is 25.3 Å². The fraction of sp³-hybridized carbons (Fsp3) is 0.400. The first kappa shape index (κ1) is 17.1. The Balaban J connectivity index is 1.60. The Hall–Kier alpha value is -1.72. The highest BCUT2D eigenvalue weighted by Gasteiger charge is 2.24. The first-order chi connectivity index (χ1) is 11.7. The number of hydrogen-bond acceptors (Lipinski definition) is 4. The molecule has 0 amide bonds. The van der Waals surface area contributed by atoms with Crippen molar-refractivity contribution in [2.75, 3.05) is 26.2 Å². The Kier molecular flexibility index (Phi) is 5.99. The minimum Gasteiger partial charge on any atom is -0.390 e. The molecule has 2 aromatic carbocycles. The lowest BCUT2D eigenvalue weighted by molar-refractivity contribution is -0.00265. The van der Waals surface area contributed by atoms with Crippen LogP contribution in [-0.4, -0.2) is 58.4 Å². The van der Waals surface area contributed by atoms with Gasteiger partial charge in [0.15, 0.2) is 0 Å². The highest BCUT2D eigenvalue weighted by molar-refractivity contribution is 5.15. The van der Waals surface area contributed by atoms with Crippen LogP contribution in [0.2, 0.25) is 0 Å². The van der Waals surface area contributed by atoms with Crippen LogP contribution in [0, 0.1) is 0 Å². The van der Waals surface area contributed by atoms with E-state index >= 15 is 0 Å². The van der Waals surface area contributed by atoms with E-state index in [4.69, 9.17) is 0 Å². The molecule has 0 unspecified atom stereocenters. The van der Waals surface area contributed by atoms with Gasteiger partial charge < -0.3 is 10.2 Å². The van der Waals surface area contributed by atoms with Gasteiger partial charge in [-0.05, 0) is 11.1 Å². The fourth-order valence-corrected chi connectivity index (χ4v) is 3.40. The summed E-state index contributed by atoms with van der Waals surface area (Å²) in [5.74, 6) is 0. The van der Waals surface area contributed by atoms with Crippen molar-refractivity contribution in [3.8, 4) is 0 Å². The topological polar surface area (TPSA) is 46.9 Å². The summed E-state index contributed by atoms with van der Waals surface area (Å²) in [5, 5.41) is 20.9. The number of benzene rings is 2. The molecular formula is C20H26N2O2. The van der Waals surface area contributed by atoms with E-state index in [0.29, 0.717) is 26.2 Å². The van der Waals surface area contributed by atoms with Gasteiger partial charge >= 0.3 is 0 Å². The highest BCUT2D eigenvalue weighted by atomic mass is 16.3. The van der Waals surface area contributed by atoms with Crippen LogP contribution in [0.25, 0.3) is 0 Å². The maximum absolute atomic E-state index is 10.4. The van der Waals surface area contributed by atoms with Crippen molar-refractivity contribution in [3.63, 3.8) is 0 Å². The van der Waals surface area contributed by atoms with Crippen molar-refractivity contribution >= 4 is 0 Å². The second-order valence-electron chi connectivity index (χ2n) is 6.67. The van der Waals surface area contributed by atoms with Gasteiger partial charge in [-0.2, -0.15) is 0 Å². The number of rotatable bonds is 4. The third-order valence-corrected chi connectivity index (χ3v) is 4.37. The highest BCUT2D eigenvalue weighted by Crippen LogP contribution is 2.13. The number of aliphatic hydroxyl groups is 2. The Morgan fingerprint density at radius 3 is 1.29 bits per heavy atom. The molecule has 4 heteroatoms. The molecule has 1 heterocycles. The number of hydrogen-bond donors (Lipinski definition) is 2. The first-order valence-corrected chi connectivity index (χ1v) is 8.58.